The van der Waals surface area contributed by atoms with E-state index in [0.717, 1.165) is 12.0 Å². The Kier molecular flexibility index (Phi) is 2.71. The zero-order valence-corrected chi connectivity index (χ0v) is 10.9. The Morgan fingerprint density at radius 3 is 2.72 bits per heavy atom. The molecule has 2 heteroatoms. The molecule has 0 saturated heterocycles. The number of hydrogen-bond donors (Lipinski definition) is 0. The Labute approximate surface area is 111 Å². The normalized spacial score (nSPS) is 16.9. The number of aryl methyl sites for hydroxylation is 1. The lowest BCUT2D eigenvalue weighted by Gasteiger charge is -2.28. The smallest absolute Gasteiger partial charge is 0.170 e. The number of halogens is 1. The van der Waals surface area contributed by atoms with E-state index in [0.29, 0.717) is 10.6 Å². The summed E-state index contributed by atoms with van der Waals surface area (Å²) in [5, 5.41) is 0.661. The van der Waals surface area contributed by atoms with Crippen molar-refractivity contribution in [2.24, 2.45) is 0 Å². The topological polar surface area (TPSA) is 17.1 Å². The zero-order valence-electron chi connectivity index (χ0n) is 10.1. The predicted octanol–water partition coefficient (Wildman–Crippen LogP) is 4.17. The van der Waals surface area contributed by atoms with E-state index in [1.54, 1.807) is 6.07 Å². The highest BCUT2D eigenvalue weighted by Gasteiger charge is 2.32. The summed E-state index contributed by atoms with van der Waals surface area (Å²) in [6, 6.07) is 13.7. The largest absolute Gasteiger partial charge is 0.293 e. The number of hydrogen-bond acceptors (Lipinski definition) is 1. The summed E-state index contributed by atoms with van der Waals surface area (Å²) in [5.41, 5.74) is 4.17. The van der Waals surface area contributed by atoms with Crippen molar-refractivity contribution in [2.45, 2.75) is 19.3 Å². The summed E-state index contributed by atoms with van der Waals surface area (Å²) in [6.45, 7) is 1.94. The molecule has 0 bridgehead atoms. The Morgan fingerprint density at radius 1 is 1.22 bits per heavy atom. The van der Waals surface area contributed by atoms with Crippen LogP contribution < -0.4 is 0 Å². The molecule has 0 aliphatic heterocycles. The molecule has 0 fully saturated rings. The molecule has 0 saturated carbocycles. The van der Waals surface area contributed by atoms with Gasteiger partial charge in [0.15, 0.2) is 5.78 Å². The Bertz CT molecular complexity index is 631. The van der Waals surface area contributed by atoms with E-state index in [1.165, 1.54) is 11.1 Å². The van der Waals surface area contributed by atoms with Gasteiger partial charge in [0, 0.05) is 10.6 Å². The van der Waals surface area contributed by atoms with E-state index in [9.17, 15) is 4.79 Å². The van der Waals surface area contributed by atoms with Crippen molar-refractivity contribution in [2.75, 3.05) is 0 Å². The second-order valence-electron chi connectivity index (χ2n) is 4.78. The van der Waals surface area contributed by atoms with Crippen LogP contribution in [0.3, 0.4) is 0 Å². The summed E-state index contributed by atoms with van der Waals surface area (Å²) < 4.78 is 0. The van der Waals surface area contributed by atoms with Crippen LogP contribution in [0.5, 0.6) is 0 Å². The lowest BCUT2D eigenvalue weighted by atomic mass is 9.74. The van der Waals surface area contributed by atoms with Gasteiger partial charge in [-0.25, -0.2) is 0 Å². The van der Waals surface area contributed by atoms with E-state index in [4.69, 9.17) is 11.6 Å². The summed E-state index contributed by atoms with van der Waals surface area (Å²) in [5.74, 6) is 0.190. The van der Waals surface area contributed by atoms with Crippen LogP contribution in [-0.2, 0) is 6.42 Å². The van der Waals surface area contributed by atoms with Crippen molar-refractivity contribution in [1.29, 1.82) is 0 Å². The van der Waals surface area contributed by atoms with Crippen LogP contribution in [0, 0.1) is 6.92 Å². The molecule has 18 heavy (non-hydrogen) atoms. The maximum absolute atomic E-state index is 12.4. The first kappa shape index (κ1) is 11.5. The molecule has 0 heterocycles. The van der Waals surface area contributed by atoms with Crippen LogP contribution in [0.1, 0.15) is 33.0 Å². The number of carbonyl (C=O) groups is 1. The molecule has 0 amide bonds. The van der Waals surface area contributed by atoms with Crippen LogP contribution in [0.4, 0.5) is 0 Å². The standard InChI is InChI=1S/C16H13ClO/c1-10-6-7-12(9-15(10)17)16(18)14-8-11-4-2-3-5-13(11)14/h2-7,9,14H,8H2,1H3. The highest BCUT2D eigenvalue weighted by Crippen LogP contribution is 2.37. The Morgan fingerprint density at radius 2 is 2.00 bits per heavy atom. The minimum Gasteiger partial charge on any atom is -0.293 e. The minimum absolute atomic E-state index is 0.0139. The maximum Gasteiger partial charge on any atom is 0.170 e. The van der Waals surface area contributed by atoms with Crippen molar-refractivity contribution in [3.05, 3.63) is 69.7 Å². The third-order valence-electron chi connectivity index (χ3n) is 3.63. The van der Waals surface area contributed by atoms with Crippen molar-refractivity contribution >= 4 is 17.4 Å². The van der Waals surface area contributed by atoms with E-state index < -0.39 is 0 Å². The molecule has 0 spiro atoms. The molecular weight excluding hydrogens is 244 g/mol. The fourth-order valence-electron chi connectivity index (χ4n) is 2.44. The summed E-state index contributed by atoms with van der Waals surface area (Å²) in [4.78, 5) is 12.4. The van der Waals surface area contributed by atoms with Crippen molar-refractivity contribution in [3.8, 4) is 0 Å². The van der Waals surface area contributed by atoms with Crippen LogP contribution in [0.25, 0.3) is 0 Å². The third-order valence-corrected chi connectivity index (χ3v) is 4.03. The molecule has 0 radical (unpaired) electrons. The second kappa shape index (κ2) is 4.25. The Hall–Kier alpha value is -1.60. The molecule has 1 nitrogen and oxygen atoms in total. The van der Waals surface area contributed by atoms with Gasteiger partial charge in [0.2, 0.25) is 0 Å². The molecule has 1 aliphatic rings. The quantitative estimate of drug-likeness (QED) is 0.737. The first-order valence-electron chi connectivity index (χ1n) is 6.05. The minimum atomic E-state index is 0.0139. The van der Waals surface area contributed by atoms with Crippen molar-refractivity contribution in [1.82, 2.24) is 0 Å². The van der Waals surface area contributed by atoms with E-state index in [2.05, 4.69) is 6.07 Å². The SMILES string of the molecule is Cc1ccc(C(=O)C2Cc3ccccc32)cc1Cl. The van der Waals surface area contributed by atoms with Gasteiger partial charge in [-0.3, -0.25) is 4.79 Å². The molecule has 2 aromatic rings. The van der Waals surface area contributed by atoms with Gasteiger partial charge in [-0.15, -0.1) is 0 Å². The zero-order chi connectivity index (χ0) is 12.7. The van der Waals surface area contributed by atoms with Crippen molar-refractivity contribution < 1.29 is 4.79 Å². The monoisotopic (exact) mass is 256 g/mol. The molecule has 1 aliphatic carbocycles. The van der Waals surface area contributed by atoms with Gasteiger partial charge >= 0.3 is 0 Å². The molecule has 1 unspecified atom stereocenters. The highest BCUT2D eigenvalue weighted by atomic mass is 35.5. The molecule has 1 atom stereocenters. The fourth-order valence-corrected chi connectivity index (χ4v) is 2.62. The molecule has 0 N–H and O–H groups in total. The van der Waals surface area contributed by atoms with E-state index in [-0.39, 0.29) is 11.7 Å². The Balaban J connectivity index is 1.91. The average Bonchev–Trinajstić information content (AvgIpc) is 2.34. The van der Waals surface area contributed by atoms with Gasteiger partial charge in [-0.2, -0.15) is 0 Å². The second-order valence-corrected chi connectivity index (χ2v) is 5.19. The number of fused-ring (bicyclic) bond motifs is 1. The van der Waals surface area contributed by atoms with Crippen LogP contribution in [0.2, 0.25) is 5.02 Å². The van der Waals surface area contributed by atoms with Gasteiger partial charge in [0.1, 0.15) is 0 Å². The van der Waals surface area contributed by atoms with Crippen LogP contribution in [-0.4, -0.2) is 5.78 Å². The van der Waals surface area contributed by atoms with Gasteiger partial charge in [0.05, 0.1) is 5.92 Å². The fraction of sp³-hybridized carbons (Fsp3) is 0.188. The molecular formula is C16H13ClO. The lowest BCUT2D eigenvalue weighted by molar-refractivity contribution is 0.0949. The molecule has 3 rings (SSSR count). The van der Waals surface area contributed by atoms with E-state index in [1.807, 2.05) is 37.3 Å². The molecule has 90 valence electrons. The van der Waals surface area contributed by atoms with Gasteiger partial charge in [-0.1, -0.05) is 48.0 Å². The number of ketones is 1. The third kappa shape index (κ3) is 1.75. The summed E-state index contributed by atoms with van der Waals surface area (Å²) in [7, 11) is 0. The van der Waals surface area contributed by atoms with E-state index >= 15 is 0 Å². The van der Waals surface area contributed by atoms with Gasteiger partial charge < -0.3 is 0 Å². The number of Topliss-reactive ketones (excluding diaryl/α,β-unsaturated/α-hetero) is 1. The molecule has 0 aromatic heterocycles. The maximum atomic E-state index is 12.4. The highest BCUT2D eigenvalue weighted by molar-refractivity contribution is 6.31. The van der Waals surface area contributed by atoms with Crippen LogP contribution >= 0.6 is 11.6 Å². The van der Waals surface area contributed by atoms with Crippen molar-refractivity contribution in [3.63, 3.8) is 0 Å². The average molecular weight is 257 g/mol. The number of rotatable bonds is 2. The summed E-state index contributed by atoms with van der Waals surface area (Å²) in [6.07, 6.45) is 0.848. The first-order valence-corrected chi connectivity index (χ1v) is 6.43. The lowest BCUT2D eigenvalue weighted by Crippen LogP contribution is -2.25. The molecule has 2 aromatic carbocycles. The van der Waals surface area contributed by atoms with Gasteiger partial charge in [-0.05, 0) is 36.1 Å². The summed E-state index contributed by atoms with van der Waals surface area (Å²) >= 11 is 6.07. The van der Waals surface area contributed by atoms with Crippen LogP contribution in [0.15, 0.2) is 42.5 Å². The predicted molar refractivity (Wildman–Crippen MR) is 73.4 cm³/mol. The number of carbonyl (C=O) groups excluding carboxylic acids is 1. The number of benzene rings is 2. The first-order chi connectivity index (χ1) is 8.66. The van der Waals surface area contributed by atoms with Gasteiger partial charge in [0.25, 0.3) is 0 Å².